The number of piperidine rings is 1. The molecule has 1 aliphatic heterocycles. The summed E-state index contributed by atoms with van der Waals surface area (Å²) < 4.78 is 4.92. The van der Waals surface area contributed by atoms with E-state index in [-0.39, 0.29) is 23.3 Å². The molecule has 1 atom stereocenters. The zero-order valence-electron chi connectivity index (χ0n) is 11.2. The second kappa shape index (κ2) is 6.33. The highest BCUT2D eigenvalue weighted by Crippen LogP contribution is 2.30. The molecule has 0 saturated carbocycles. The van der Waals surface area contributed by atoms with E-state index in [2.05, 4.69) is 10.6 Å². The van der Waals surface area contributed by atoms with Crippen molar-refractivity contribution in [2.24, 2.45) is 5.92 Å². The third-order valence-corrected chi connectivity index (χ3v) is 3.31. The number of carbonyl (C=O) groups excluding carboxylic acids is 1. The molecule has 1 aromatic carbocycles. The fraction of sp³-hybridized carbons (Fsp3) is 0.462. The van der Waals surface area contributed by atoms with Gasteiger partial charge in [-0.1, -0.05) is 0 Å². The molecule has 2 N–H and O–H groups in total. The molecule has 1 aliphatic rings. The monoisotopic (exact) mass is 279 g/mol. The lowest BCUT2D eigenvalue weighted by molar-refractivity contribution is -0.385. The van der Waals surface area contributed by atoms with E-state index in [9.17, 15) is 14.9 Å². The normalized spacial score (nSPS) is 18.4. The fourth-order valence-electron chi connectivity index (χ4n) is 2.23. The van der Waals surface area contributed by atoms with Crippen LogP contribution in [0.15, 0.2) is 18.2 Å². The van der Waals surface area contributed by atoms with Gasteiger partial charge in [0.25, 0.3) is 0 Å². The highest BCUT2D eigenvalue weighted by molar-refractivity contribution is 5.93. The second-order valence-corrected chi connectivity index (χ2v) is 4.68. The molecule has 20 heavy (non-hydrogen) atoms. The number of nitrogens with zero attached hydrogens (tertiary/aromatic N) is 1. The Hall–Kier alpha value is -2.15. The maximum Gasteiger partial charge on any atom is 0.312 e. The van der Waals surface area contributed by atoms with Crippen LogP contribution in [0.3, 0.4) is 0 Å². The molecule has 7 nitrogen and oxygen atoms in total. The molecule has 0 unspecified atom stereocenters. The van der Waals surface area contributed by atoms with E-state index in [0.717, 1.165) is 19.4 Å². The van der Waals surface area contributed by atoms with E-state index in [1.165, 1.54) is 19.2 Å². The van der Waals surface area contributed by atoms with Crippen molar-refractivity contribution in [3.8, 4) is 5.75 Å². The molecule has 1 saturated heterocycles. The first-order valence-electron chi connectivity index (χ1n) is 6.46. The van der Waals surface area contributed by atoms with Gasteiger partial charge in [-0.3, -0.25) is 14.9 Å². The van der Waals surface area contributed by atoms with Crippen LogP contribution < -0.4 is 15.4 Å². The number of benzene rings is 1. The highest BCUT2D eigenvalue weighted by atomic mass is 16.6. The average molecular weight is 279 g/mol. The minimum atomic E-state index is -0.531. The Morgan fingerprint density at radius 1 is 1.55 bits per heavy atom. The molecule has 1 aromatic rings. The van der Waals surface area contributed by atoms with Gasteiger partial charge in [0.05, 0.1) is 18.0 Å². The maximum absolute atomic E-state index is 12.1. The SMILES string of the molecule is COc1ccc(NC(=O)[C@@H]2CCCNC2)cc1[N+](=O)[O-]. The van der Waals surface area contributed by atoms with Crippen molar-refractivity contribution in [1.82, 2.24) is 5.32 Å². The molecule has 1 fully saturated rings. The predicted molar refractivity (Wildman–Crippen MR) is 73.9 cm³/mol. The topological polar surface area (TPSA) is 93.5 Å². The van der Waals surface area contributed by atoms with Gasteiger partial charge in [0.2, 0.25) is 5.91 Å². The predicted octanol–water partition coefficient (Wildman–Crippen LogP) is 1.54. The van der Waals surface area contributed by atoms with Gasteiger partial charge in [-0.2, -0.15) is 0 Å². The summed E-state index contributed by atoms with van der Waals surface area (Å²) in [6, 6.07) is 4.39. The van der Waals surface area contributed by atoms with E-state index in [1.54, 1.807) is 6.07 Å². The van der Waals surface area contributed by atoms with Crippen LogP contribution in [0.2, 0.25) is 0 Å². The fourth-order valence-corrected chi connectivity index (χ4v) is 2.23. The Labute approximate surface area is 116 Å². The summed E-state index contributed by atoms with van der Waals surface area (Å²) >= 11 is 0. The number of amides is 1. The van der Waals surface area contributed by atoms with Crippen molar-refractivity contribution in [1.29, 1.82) is 0 Å². The number of rotatable bonds is 4. The summed E-state index contributed by atoms with van der Waals surface area (Å²) in [6.45, 7) is 1.57. The smallest absolute Gasteiger partial charge is 0.312 e. The quantitative estimate of drug-likeness (QED) is 0.644. The average Bonchev–Trinajstić information content (AvgIpc) is 2.48. The van der Waals surface area contributed by atoms with E-state index < -0.39 is 4.92 Å². The molecule has 0 aliphatic carbocycles. The number of carbonyl (C=O) groups is 1. The number of nitro groups is 1. The van der Waals surface area contributed by atoms with E-state index in [0.29, 0.717) is 12.2 Å². The first kappa shape index (κ1) is 14.3. The lowest BCUT2D eigenvalue weighted by Crippen LogP contribution is -2.37. The molecule has 0 spiro atoms. The van der Waals surface area contributed by atoms with Crippen molar-refractivity contribution in [3.63, 3.8) is 0 Å². The zero-order valence-corrected chi connectivity index (χ0v) is 11.2. The number of nitrogens with one attached hydrogen (secondary N) is 2. The van der Waals surface area contributed by atoms with Gasteiger partial charge in [-0.15, -0.1) is 0 Å². The first-order valence-corrected chi connectivity index (χ1v) is 6.46. The molecular weight excluding hydrogens is 262 g/mol. The molecule has 0 radical (unpaired) electrons. The number of ether oxygens (including phenoxy) is 1. The Kier molecular flexibility index (Phi) is 4.52. The highest BCUT2D eigenvalue weighted by Gasteiger charge is 2.22. The van der Waals surface area contributed by atoms with Crippen LogP contribution in [0.25, 0.3) is 0 Å². The van der Waals surface area contributed by atoms with E-state index in [4.69, 9.17) is 4.74 Å². The molecule has 0 aromatic heterocycles. The molecular formula is C13H17N3O4. The number of anilines is 1. The molecule has 1 amide bonds. The van der Waals surface area contributed by atoms with Crippen molar-refractivity contribution in [2.45, 2.75) is 12.8 Å². The van der Waals surface area contributed by atoms with Crippen LogP contribution in [0, 0.1) is 16.0 Å². The van der Waals surface area contributed by atoms with Gasteiger partial charge >= 0.3 is 5.69 Å². The third-order valence-electron chi connectivity index (χ3n) is 3.31. The largest absolute Gasteiger partial charge is 0.490 e. The Morgan fingerprint density at radius 3 is 2.95 bits per heavy atom. The molecule has 7 heteroatoms. The van der Waals surface area contributed by atoms with Gasteiger partial charge < -0.3 is 15.4 Å². The van der Waals surface area contributed by atoms with Crippen LogP contribution in [-0.2, 0) is 4.79 Å². The Bertz CT molecular complexity index is 512. The summed E-state index contributed by atoms with van der Waals surface area (Å²) in [5.74, 6) is -0.0334. The van der Waals surface area contributed by atoms with Crippen molar-refractivity contribution >= 4 is 17.3 Å². The summed E-state index contributed by atoms with van der Waals surface area (Å²) in [6.07, 6.45) is 1.79. The number of methoxy groups -OCH3 is 1. The summed E-state index contributed by atoms with van der Waals surface area (Å²) in [5, 5.41) is 16.8. The Morgan fingerprint density at radius 2 is 2.35 bits per heavy atom. The summed E-state index contributed by atoms with van der Waals surface area (Å²) in [5.41, 5.74) is 0.250. The number of hydrogen-bond acceptors (Lipinski definition) is 5. The van der Waals surface area contributed by atoms with Gasteiger partial charge in [0, 0.05) is 18.3 Å². The zero-order chi connectivity index (χ0) is 14.5. The van der Waals surface area contributed by atoms with E-state index >= 15 is 0 Å². The number of hydrogen-bond donors (Lipinski definition) is 2. The Balaban J connectivity index is 2.10. The molecule has 108 valence electrons. The lowest BCUT2D eigenvalue weighted by atomic mass is 9.99. The third kappa shape index (κ3) is 3.24. The van der Waals surface area contributed by atoms with Crippen LogP contribution in [0.5, 0.6) is 5.75 Å². The number of nitro benzene ring substituents is 1. The minimum Gasteiger partial charge on any atom is -0.490 e. The van der Waals surface area contributed by atoms with Gasteiger partial charge in [0.1, 0.15) is 0 Å². The summed E-state index contributed by atoms with van der Waals surface area (Å²) in [7, 11) is 1.37. The standard InChI is InChI=1S/C13H17N3O4/c1-20-12-5-4-10(7-11(12)16(18)19)15-13(17)9-3-2-6-14-8-9/h4-5,7,9,14H,2-3,6,8H2,1H3,(H,15,17)/t9-/m1/s1. The first-order chi connectivity index (χ1) is 9.61. The van der Waals surface area contributed by atoms with Gasteiger partial charge in [-0.05, 0) is 31.5 Å². The van der Waals surface area contributed by atoms with Crippen LogP contribution in [0.1, 0.15) is 12.8 Å². The molecule has 2 rings (SSSR count). The van der Waals surface area contributed by atoms with Crippen molar-refractivity contribution in [3.05, 3.63) is 28.3 Å². The van der Waals surface area contributed by atoms with Crippen LogP contribution in [-0.4, -0.2) is 31.0 Å². The second-order valence-electron chi connectivity index (χ2n) is 4.68. The van der Waals surface area contributed by atoms with E-state index in [1.807, 2.05) is 0 Å². The maximum atomic E-state index is 12.1. The van der Waals surface area contributed by atoms with Crippen LogP contribution in [0.4, 0.5) is 11.4 Å². The van der Waals surface area contributed by atoms with Crippen molar-refractivity contribution < 1.29 is 14.5 Å². The van der Waals surface area contributed by atoms with Gasteiger partial charge in [0.15, 0.2) is 5.75 Å². The molecule has 1 heterocycles. The lowest BCUT2D eigenvalue weighted by Gasteiger charge is -2.21. The van der Waals surface area contributed by atoms with Crippen molar-refractivity contribution in [2.75, 3.05) is 25.5 Å². The summed E-state index contributed by atoms with van der Waals surface area (Å²) in [4.78, 5) is 22.4. The van der Waals surface area contributed by atoms with Gasteiger partial charge in [-0.25, -0.2) is 0 Å². The minimum absolute atomic E-state index is 0.0927. The van der Waals surface area contributed by atoms with Crippen LogP contribution >= 0.6 is 0 Å². The molecule has 0 bridgehead atoms.